The molecule has 0 radical (unpaired) electrons. The molecule has 0 saturated carbocycles. The Morgan fingerprint density at radius 2 is 1.86 bits per heavy atom. The molecule has 2 rings (SSSR count). The number of halogens is 3. The van der Waals surface area contributed by atoms with Crippen LogP contribution in [0.4, 0.5) is 10.1 Å². The Balaban J connectivity index is 2.46. The fourth-order valence-electron chi connectivity index (χ4n) is 1.63. The highest BCUT2D eigenvalue weighted by molar-refractivity contribution is 7.92. The Bertz CT molecular complexity index is 781. The minimum Gasteiger partial charge on any atom is -0.392 e. The molecule has 0 spiro atoms. The van der Waals surface area contributed by atoms with Crippen molar-refractivity contribution in [3.05, 3.63) is 57.8 Å². The molecule has 21 heavy (non-hydrogen) atoms. The van der Waals surface area contributed by atoms with Gasteiger partial charge in [-0.25, -0.2) is 12.8 Å². The molecule has 0 bridgehead atoms. The summed E-state index contributed by atoms with van der Waals surface area (Å²) in [5.41, 5.74) is 0.0827. The van der Waals surface area contributed by atoms with Gasteiger partial charge in [-0.15, -0.1) is 0 Å². The Morgan fingerprint density at radius 1 is 1.14 bits per heavy atom. The summed E-state index contributed by atoms with van der Waals surface area (Å²) in [6, 6.07) is 8.00. The van der Waals surface area contributed by atoms with Crippen molar-refractivity contribution < 1.29 is 17.9 Å². The first-order valence-electron chi connectivity index (χ1n) is 5.71. The van der Waals surface area contributed by atoms with Gasteiger partial charge in [0.2, 0.25) is 0 Å². The number of rotatable bonds is 4. The Labute approximate surface area is 131 Å². The fourth-order valence-corrected chi connectivity index (χ4v) is 3.42. The molecule has 0 aliphatic heterocycles. The minimum absolute atomic E-state index is 0.0397. The first-order chi connectivity index (χ1) is 9.85. The van der Waals surface area contributed by atoms with E-state index in [0.717, 1.165) is 0 Å². The van der Waals surface area contributed by atoms with Crippen molar-refractivity contribution in [2.24, 2.45) is 0 Å². The lowest BCUT2D eigenvalue weighted by atomic mass is 10.2. The summed E-state index contributed by atoms with van der Waals surface area (Å²) in [6.07, 6.45) is 0. The van der Waals surface area contributed by atoms with E-state index in [1.165, 1.54) is 36.4 Å². The monoisotopic (exact) mass is 349 g/mol. The quantitative estimate of drug-likeness (QED) is 0.888. The van der Waals surface area contributed by atoms with Crippen molar-refractivity contribution in [2.75, 3.05) is 4.72 Å². The van der Waals surface area contributed by atoms with Gasteiger partial charge < -0.3 is 5.11 Å². The summed E-state index contributed by atoms with van der Waals surface area (Å²) in [7, 11) is -4.11. The lowest BCUT2D eigenvalue weighted by molar-refractivity contribution is 0.281. The van der Waals surface area contributed by atoms with Gasteiger partial charge in [-0.2, -0.15) is 0 Å². The molecule has 2 N–H and O–H groups in total. The molecule has 0 aromatic heterocycles. The van der Waals surface area contributed by atoms with E-state index in [1.807, 2.05) is 0 Å². The molecule has 0 amide bonds. The number of benzene rings is 2. The number of nitrogens with one attached hydrogen (secondary N) is 1. The van der Waals surface area contributed by atoms with Gasteiger partial charge >= 0.3 is 0 Å². The first-order valence-corrected chi connectivity index (χ1v) is 7.95. The Hall–Kier alpha value is -1.34. The number of hydrogen-bond donors (Lipinski definition) is 2. The summed E-state index contributed by atoms with van der Waals surface area (Å²) < 4.78 is 40.4. The zero-order chi connectivity index (χ0) is 15.6. The van der Waals surface area contributed by atoms with Gasteiger partial charge in [-0.05, 0) is 29.8 Å². The van der Waals surface area contributed by atoms with Crippen LogP contribution in [0.2, 0.25) is 10.0 Å². The molecule has 2 aromatic rings. The van der Waals surface area contributed by atoms with Crippen molar-refractivity contribution >= 4 is 38.9 Å². The van der Waals surface area contributed by atoms with Crippen molar-refractivity contribution in [3.8, 4) is 0 Å². The van der Waals surface area contributed by atoms with E-state index in [4.69, 9.17) is 28.3 Å². The second-order valence-corrected chi connectivity index (χ2v) is 6.59. The first kappa shape index (κ1) is 16.0. The largest absolute Gasteiger partial charge is 0.392 e. The van der Waals surface area contributed by atoms with Gasteiger partial charge in [0.05, 0.1) is 22.3 Å². The summed E-state index contributed by atoms with van der Waals surface area (Å²) >= 11 is 11.5. The van der Waals surface area contributed by atoms with Crippen molar-refractivity contribution in [1.82, 2.24) is 0 Å². The fraction of sp³-hybridized carbons (Fsp3) is 0.0769. The lowest BCUT2D eigenvalue weighted by Gasteiger charge is -2.11. The number of hydrogen-bond acceptors (Lipinski definition) is 3. The summed E-state index contributed by atoms with van der Waals surface area (Å²) in [6.45, 7) is -0.342. The average Bonchev–Trinajstić information content (AvgIpc) is 2.44. The van der Waals surface area contributed by atoms with Gasteiger partial charge in [0.25, 0.3) is 10.0 Å². The van der Waals surface area contributed by atoms with E-state index in [9.17, 15) is 12.8 Å². The van der Waals surface area contributed by atoms with Gasteiger partial charge in [0, 0.05) is 0 Å². The predicted molar refractivity (Wildman–Crippen MR) is 79.6 cm³/mol. The SMILES string of the molecule is O=S(=O)(Nc1cccc(Cl)c1F)c1cc(CO)ccc1Cl. The Morgan fingerprint density at radius 3 is 2.52 bits per heavy atom. The van der Waals surface area contributed by atoms with E-state index < -0.39 is 15.8 Å². The molecule has 0 saturated heterocycles. The molecular weight excluding hydrogens is 340 g/mol. The van der Waals surface area contributed by atoms with Gasteiger partial charge in [-0.1, -0.05) is 35.3 Å². The van der Waals surface area contributed by atoms with Crippen molar-refractivity contribution in [3.63, 3.8) is 0 Å². The maximum absolute atomic E-state index is 13.8. The molecule has 0 fully saturated rings. The van der Waals surface area contributed by atoms with E-state index in [1.54, 1.807) is 0 Å². The second-order valence-electron chi connectivity index (χ2n) is 4.13. The molecule has 112 valence electrons. The van der Waals surface area contributed by atoms with Crippen LogP contribution in [-0.4, -0.2) is 13.5 Å². The maximum Gasteiger partial charge on any atom is 0.263 e. The molecule has 2 aromatic carbocycles. The summed E-state index contributed by atoms with van der Waals surface area (Å²) in [5.74, 6) is -0.878. The number of aliphatic hydroxyl groups excluding tert-OH is 1. The van der Waals surface area contributed by atoms with Gasteiger partial charge in [0.1, 0.15) is 4.90 Å². The van der Waals surface area contributed by atoms with Crippen LogP contribution < -0.4 is 4.72 Å². The van der Waals surface area contributed by atoms with Crippen LogP contribution >= 0.6 is 23.2 Å². The highest BCUT2D eigenvalue weighted by Gasteiger charge is 2.20. The molecule has 8 heteroatoms. The standard InChI is InChI=1S/C13H10Cl2FNO3S/c14-9-5-4-8(7-18)6-12(9)21(19,20)17-11-3-1-2-10(15)13(11)16/h1-6,17-18H,7H2. The van der Waals surface area contributed by atoms with Gasteiger partial charge in [0.15, 0.2) is 5.82 Å². The zero-order valence-corrected chi connectivity index (χ0v) is 12.8. The number of sulfonamides is 1. The van der Waals surface area contributed by atoms with E-state index >= 15 is 0 Å². The third-order valence-electron chi connectivity index (χ3n) is 2.66. The van der Waals surface area contributed by atoms with Crippen LogP contribution in [0.3, 0.4) is 0 Å². The molecule has 0 atom stereocenters. The van der Waals surface area contributed by atoms with E-state index in [-0.39, 0.29) is 27.2 Å². The van der Waals surface area contributed by atoms with E-state index in [2.05, 4.69) is 4.72 Å². The molecule has 0 aliphatic rings. The summed E-state index contributed by atoms with van der Waals surface area (Å²) in [4.78, 5) is -0.255. The molecular formula is C13H10Cl2FNO3S. The molecule has 0 aliphatic carbocycles. The normalized spacial score (nSPS) is 11.4. The predicted octanol–water partition coefficient (Wildman–Crippen LogP) is 3.43. The van der Waals surface area contributed by atoms with Gasteiger partial charge in [-0.3, -0.25) is 4.72 Å². The van der Waals surface area contributed by atoms with Crippen LogP contribution in [0.15, 0.2) is 41.3 Å². The second kappa shape index (κ2) is 6.19. The van der Waals surface area contributed by atoms with Crippen LogP contribution in [0.25, 0.3) is 0 Å². The smallest absolute Gasteiger partial charge is 0.263 e. The van der Waals surface area contributed by atoms with Crippen LogP contribution in [0.5, 0.6) is 0 Å². The maximum atomic E-state index is 13.8. The molecule has 0 heterocycles. The zero-order valence-electron chi connectivity index (χ0n) is 10.5. The lowest BCUT2D eigenvalue weighted by Crippen LogP contribution is -2.15. The van der Waals surface area contributed by atoms with Crippen LogP contribution in [-0.2, 0) is 16.6 Å². The third kappa shape index (κ3) is 3.47. The number of anilines is 1. The van der Waals surface area contributed by atoms with Crippen molar-refractivity contribution in [2.45, 2.75) is 11.5 Å². The molecule has 0 unspecified atom stereocenters. The topological polar surface area (TPSA) is 66.4 Å². The van der Waals surface area contributed by atoms with E-state index in [0.29, 0.717) is 5.56 Å². The summed E-state index contributed by atoms with van der Waals surface area (Å²) in [5, 5.41) is 8.81. The van der Waals surface area contributed by atoms with Crippen LogP contribution in [0, 0.1) is 5.82 Å². The van der Waals surface area contributed by atoms with Crippen molar-refractivity contribution in [1.29, 1.82) is 0 Å². The minimum atomic E-state index is -4.11. The van der Waals surface area contributed by atoms with Crippen LogP contribution in [0.1, 0.15) is 5.56 Å². The Kier molecular flexibility index (Phi) is 4.73. The average molecular weight is 350 g/mol. The highest BCUT2D eigenvalue weighted by Crippen LogP contribution is 2.28. The third-order valence-corrected chi connectivity index (χ3v) is 4.80. The molecule has 4 nitrogen and oxygen atoms in total. The highest BCUT2D eigenvalue weighted by atomic mass is 35.5. The number of aliphatic hydroxyl groups is 1.